The first-order valence-electron chi connectivity index (χ1n) is 9.09. The van der Waals surface area contributed by atoms with Gasteiger partial charge in [0.25, 0.3) is 5.91 Å². The summed E-state index contributed by atoms with van der Waals surface area (Å²) >= 11 is 0. The molecule has 24 heavy (non-hydrogen) atoms. The molecule has 1 aliphatic carbocycles. The van der Waals surface area contributed by atoms with Gasteiger partial charge >= 0.3 is 6.03 Å². The number of rotatable bonds is 4. The molecule has 7 heteroatoms. The van der Waals surface area contributed by atoms with Crippen LogP contribution in [0.3, 0.4) is 0 Å². The fraction of sp³-hybridized carbons (Fsp3) is 0.824. The second kappa shape index (κ2) is 6.02. The lowest BCUT2D eigenvalue weighted by Gasteiger charge is -2.42. The van der Waals surface area contributed by atoms with Crippen LogP contribution in [-0.4, -0.2) is 66.0 Å². The predicted octanol–water partition coefficient (Wildman–Crippen LogP) is 0.736. The van der Waals surface area contributed by atoms with Crippen LogP contribution in [0.15, 0.2) is 0 Å². The Balaban J connectivity index is 1.26. The molecule has 1 saturated carbocycles. The zero-order valence-electron chi connectivity index (χ0n) is 14.0. The minimum Gasteiger partial charge on any atom is -0.381 e. The average molecular weight is 335 g/mol. The first kappa shape index (κ1) is 15.9. The molecule has 7 nitrogen and oxygen atoms in total. The molecule has 0 bridgehead atoms. The van der Waals surface area contributed by atoms with E-state index in [2.05, 4.69) is 5.32 Å². The lowest BCUT2D eigenvalue weighted by Crippen LogP contribution is -2.53. The Morgan fingerprint density at radius 3 is 2.62 bits per heavy atom. The van der Waals surface area contributed by atoms with Gasteiger partial charge in [-0.05, 0) is 31.1 Å². The van der Waals surface area contributed by atoms with Crippen LogP contribution in [0.5, 0.6) is 0 Å². The van der Waals surface area contributed by atoms with Gasteiger partial charge in [-0.1, -0.05) is 12.8 Å². The van der Waals surface area contributed by atoms with Gasteiger partial charge in [0.15, 0.2) is 0 Å². The third kappa shape index (κ3) is 2.59. The van der Waals surface area contributed by atoms with Gasteiger partial charge in [0.05, 0.1) is 0 Å². The first-order chi connectivity index (χ1) is 11.6. The van der Waals surface area contributed by atoms with E-state index >= 15 is 0 Å². The molecule has 0 aromatic rings. The highest BCUT2D eigenvalue weighted by Crippen LogP contribution is 2.35. The van der Waals surface area contributed by atoms with E-state index in [4.69, 9.17) is 4.74 Å². The zero-order valence-corrected chi connectivity index (χ0v) is 14.0. The molecule has 3 saturated heterocycles. The molecule has 132 valence electrons. The Bertz CT molecular complexity index is 546. The molecule has 1 unspecified atom stereocenters. The molecular formula is C17H25N3O4. The Hall–Kier alpha value is -1.63. The number of carbonyl (C=O) groups is 3. The number of urea groups is 1. The topological polar surface area (TPSA) is 79.0 Å². The summed E-state index contributed by atoms with van der Waals surface area (Å²) in [7, 11) is 0. The number of ether oxygens (including phenoxy) is 1. The number of likely N-dealkylation sites (tertiary alicyclic amines) is 1. The van der Waals surface area contributed by atoms with Crippen LogP contribution in [0, 0.1) is 11.8 Å². The van der Waals surface area contributed by atoms with Gasteiger partial charge in [0.1, 0.15) is 5.54 Å². The maximum Gasteiger partial charge on any atom is 0.325 e. The highest BCUT2D eigenvalue weighted by Gasteiger charge is 2.52. The van der Waals surface area contributed by atoms with Crippen LogP contribution < -0.4 is 5.32 Å². The summed E-state index contributed by atoms with van der Waals surface area (Å²) in [6.45, 7) is 3.42. The first-order valence-corrected chi connectivity index (χ1v) is 9.09. The summed E-state index contributed by atoms with van der Waals surface area (Å²) in [5.41, 5.74) is -0.676. The van der Waals surface area contributed by atoms with Crippen molar-refractivity contribution in [3.8, 4) is 0 Å². The average Bonchev–Trinajstić information content (AvgIpc) is 3.21. The normalized spacial score (nSPS) is 29.4. The molecule has 3 heterocycles. The van der Waals surface area contributed by atoms with E-state index in [0.717, 1.165) is 58.4 Å². The maximum atomic E-state index is 12.5. The molecular weight excluding hydrogens is 310 g/mol. The van der Waals surface area contributed by atoms with E-state index in [1.807, 2.05) is 4.90 Å². The zero-order chi connectivity index (χ0) is 16.7. The lowest BCUT2D eigenvalue weighted by molar-refractivity contribution is -0.139. The lowest BCUT2D eigenvalue weighted by atomic mass is 9.85. The number of imide groups is 1. The SMILES string of the molecule is O=C(CCN1C(=O)NC2(CCCC2)C1=O)N1CC(C2CCOC2)C1. The van der Waals surface area contributed by atoms with E-state index in [0.29, 0.717) is 11.8 Å². The van der Waals surface area contributed by atoms with Gasteiger partial charge in [0, 0.05) is 39.3 Å². The fourth-order valence-electron chi connectivity index (χ4n) is 4.50. The van der Waals surface area contributed by atoms with Crippen LogP contribution in [0.25, 0.3) is 0 Å². The maximum absolute atomic E-state index is 12.5. The third-order valence-corrected chi connectivity index (χ3v) is 6.15. The van der Waals surface area contributed by atoms with Crippen LogP contribution >= 0.6 is 0 Å². The van der Waals surface area contributed by atoms with Crippen molar-refractivity contribution in [3.05, 3.63) is 0 Å². The highest BCUT2D eigenvalue weighted by atomic mass is 16.5. The van der Waals surface area contributed by atoms with E-state index < -0.39 is 5.54 Å². The molecule has 0 aromatic carbocycles. The van der Waals surface area contributed by atoms with Gasteiger partial charge in [0.2, 0.25) is 5.91 Å². The van der Waals surface area contributed by atoms with Crippen molar-refractivity contribution >= 4 is 17.8 Å². The Morgan fingerprint density at radius 1 is 1.21 bits per heavy atom. The molecule has 4 rings (SSSR count). The minimum atomic E-state index is -0.676. The number of carbonyl (C=O) groups excluding carboxylic acids is 3. The minimum absolute atomic E-state index is 0.0399. The van der Waals surface area contributed by atoms with Crippen molar-refractivity contribution in [2.75, 3.05) is 32.8 Å². The van der Waals surface area contributed by atoms with Gasteiger partial charge in [-0.2, -0.15) is 0 Å². The van der Waals surface area contributed by atoms with Crippen LogP contribution in [0.1, 0.15) is 38.5 Å². The monoisotopic (exact) mass is 335 g/mol. The number of hydrogen-bond acceptors (Lipinski definition) is 4. The summed E-state index contributed by atoms with van der Waals surface area (Å²) in [4.78, 5) is 40.0. The molecule has 0 radical (unpaired) electrons. The molecule has 3 aliphatic heterocycles. The molecule has 4 amide bonds. The number of hydrogen-bond donors (Lipinski definition) is 1. The van der Waals surface area contributed by atoms with Crippen molar-refractivity contribution in [1.82, 2.24) is 15.1 Å². The largest absolute Gasteiger partial charge is 0.381 e. The second-order valence-corrected chi connectivity index (χ2v) is 7.61. The number of nitrogens with one attached hydrogen (secondary N) is 1. The van der Waals surface area contributed by atoms with Gasteiger partial charge < -0.3 is 15.0 Å². The molecule has 4 fully saturated rings. The molecule has 0 aromatic heterocycles. The molecule has 1 N–H and O–H groups in total. The van der Waals surface area contributed by atoms with Crippen LogP contribution in [0.4, 0.5) is 4.79 Å². The van der Waals surface area contributed by atoms with E-state index in [1.54, 1.807) is 0 Å². The number of nitrogens with zero attached hydrogens (tertiary/aromatic N) is 2. The summed E-state index contributed by atoms with van der Waals surface area (Å²) in [6, 6.07) is -0.334. The van der Waals surface area contributed by atoms with Crippen molar-refractivity contribution < 1.29 is 19.1 Å². The van der Waals surface area contributed by atoms with Gasteiger partial charge in [-0.25, -0.2) is 4.79 Å². The van der Waals surface area contributed by atoms with E-state index in [9.17, 15) is 14.4 Å². The van der Waals surface area contributed by atoms with Gasteiger partial charge in [-0.3, -0.25) is 14.5 Å². The van der Waals surface area contributed by atoms with Crippen molar-refractivity contribution in [2.45, 2.75) is 44.1 Å². The van der Waals surface area contributed by atoms with Crippen LogP contribution in [-0.2, 0) is 14.3 Å². The van der Waals surface area contributed by atoms with Crippen molar-refractivity contribution in [1.29, 1.82) is 0 Å². The van der Waals surface area contributed by atoms with E-state index in [-0.39, 0.29) is 30.8 Å². The quantitative estimate of drug-likeness (QED) is 0.769. The predicted molar refractivity (Wildman–Crippen MR) is 85.1 cm³/mol. The summed E-state index contributed by atoms with van der Waals surface area (Å²) in [5.74, 6) is 1.04. The Labute approximate surface area is 141 Å². The summed E-state index contributed by atoms with van der Waals surface area (Å²) in [6.07, 6.45) is 4.70. The Morgan fingerprint density at radius 2 is 1.96 bits per heavy atom. The standard InChI is InChI=1S/C17H25N3O4/c21-14(19-9-13(10-19)12-4-8-24-11-12)3-7-20-15(22)17(18-16(20)23)5-1-2-6-17/h12-13H,1-11H2,(H,18,23). The Kier molecular flexibility index (Phi) is 3.98. The molecule has 1 spiro atoms. The van der Waals surface area contributed by atoms with Crippen molar-refractivity contribution in [2.24, 2.45) is 11.8 Å². The highest BCUT2D eigenvalue weighted by molar-refractivity contribution is 6.07. The van der Waals surface area contributed by atoms with Gasteiger partial charge in [-0.15, -0.1) is 0 Å². The second-order valence-electron chi connectivity index (χ2n) is 7.61. The van der Waals surface area contributed by atoms with Crippen molar-refractivity contribution in [3.63, 3.8) is 0 Å². The molecule has 4 aliphatic rings. The molecule has 1 atom stereocenters. The summed E-state index contributed by atoms with van der Waals surface area (Å²) in [5, 5.41) is 2.85. The number of amides is 4. The van der Waals surface area contributed by atoms with E-state index in [1.165, 1.54) is 4.90 Å². The summed E-state index contributed by atoms with van der Waals surface area (Å²) < 4.78 is 5.40. The van der Waals surface area contributed by atoms with Crippen LogP contribution in [0.2, 0.25) is 0 Å². The smallest absolute Gasteiger partial charge is 0.325 e. The third-order valence-electron chi connectivity index (χ3n) is 6.15. The fourth-order valence-corrected chi connectivity index (χ4v) is 4.50.